The Bertz CT molecular complexity index is 767. The average Bonchev–Trinajstić information content (AvgIpc) is 2.64. The Morgan fingerprint density at radius 2 is 1.96 bits per heavy atom. The summed E-state index contributed by atoms with van der Waals surface area (Å²) in [5.41, 5.74) is 12.6. The summed E-state index contributed by atoms with van der Waals surface area (Å²) in [7, 11) is 0. The molecule has 0 saturated heterocycles. The molecule has 0 aliphatic heterocycles. The molecule has 0 bridgehead atoms. The molecule has 1 fully saturated rings. The number of benzene rings is 1. The number of anilines is 3. The average molecular weight is 372 g/mol. The van der Waals surface area contributed by atoms with E-state index in [0.29, 0.717) is 11.6 Å². The van der Waals surface area contributed by atoms with Crippen molar-refractivity contribution in [1.29, 1.82) is 0 Å². The highest BCUT2D eigenvalue weighted by molar-refractivity contribution is 7.98. The van der Waals surface area contributed by atoms with Gasteiger partial charge in [0, 0.05) is 22.7 Å². The van der Waals surface area contributed by atoms with Crippen LogP contribution < -0.4 is 22.1 Å². The molecule has 1 saturated carbocycles. The zero-order valence-corrected chi connectivity index (χ0v) is 15.6. The number of hydrogen-bond acceptors (Lipinski definition) is 7. The maximum absolute atomic E-state index is 11.7. The first-order valence-corrected chi connectivity index (χ1v) is 9.89. The molecule has 2 atom stereocenters. The normalized spacial score (nSPS) is 19.8. The molecule has 1 aromatic carbocycles. The highest BCUT2D eigenvalue weighted by Crippen LogP contribution is 2.24. The van der Waals surface area contributed by atoms with Gasteiger partial charge in [-0.25, -0.2) is 9.97 Å². The van der Waals surface area contributed by atoms with Crippen molar-refractivity contribution in [2.45, 2.75) is 42.7 Å². The van der Waals surface area contributed by atoms with Gasteiger partial charge in [0.2, 0.25) is 0 Å². The van der Waals surface area contributed by atoms with Crippen LogP contribution in [0.1, 0.15) is 36.2 Å². The van der Waals surface area contributed by atoms with E-state index in [2.05, 4.69) is 20.6 Å². The highest BCUT2D eigenvalue weighted by atomic mass is 32.2. The Morgan fingerprint density at radius 1 is 1.23 bits per heavy atom. The number of carbonyl (C=O) groups excluding carboxylic acids is 1. The summed E-state index contributed by atoms with van der Waals surface area (Å²) in [4.78, 5) is 21.6. The third kappa shape index (κ3) is 4.44. The molecule has 2 unspecified atom stereocenters. The van der Waals surface area contributed by atoms with Crippen LogP contribution in [0.5, 0.6) is 0 Å². The van der Waals surface area contributed by atoms with Gasteiger partial charge in [-0.15, -0.1) is 11.8 Å². The fourth-order valence-electron chi connectivity index (χ4n) is 3.07. The van der Waals surface area contributed by atoms with Gasteiger partial charge in [0.05, 0.1) is 6.20 Å². The first kappa shape index (κ1) is 18.5. The lowest BCUT2D eigenvalue weighted by molar-refractivity contribution is 0.0996. The van der Waals surface area contributed by atoms with Crippen molar-refractivity contribution in [2.75, 3.05) is 16.9 Å². The monoisotopic (exact) mass is 372 g/mol. The van der Waals surface area contributed by atoms with Crippen LogP contribution in [0.2, 0.25) is 0 Å². The maximum Gasteiger partial charge on any atom is 0.271 e. The van der Waals surface area contributed by atoms with Gasteiger partial charge in [-0.05, 0) is 43.4 Å². The van der Waals surface area contributed by atoms with E-state index in [-0.39, 0.29) is 17.8 Å². The van der Waals surface area contributed by atoms with Crippen molar-refractivity contribution < 1.29 is 4.79 Å². The van der Waals surface area contributed by atoms with Gasteiger partial charge in [-0.1, -0.05) is 12.8 Å². The minimum absolute atomic E-state index is 0.0943. The van der Waals surface area contributed by atoms with E-state index in [4.69, 9.17) is 11.5 Å². The van der Waals surface area contributed by atoms with Crippen LogP contribution in [0.3, 0.4) is 0 Å². The number of amides is 1. The minimum atomic E-state index is -0.623. The van der Waals surface area contributed by atoms with Gasteiger partial charge in [-0.2, -0.15) is 0 Å². The lowest BCUT2D eigenvalue weighted by Gasteiger charge is -2.29. The summed E-state index contributed by atoms with van der Waals surface area (Å²) in [6.45, 7) is 0. The van der Waals surface area contributed by atoms with E-state index >= 15 is 0 Å². The summed E-state index contributed by atoms with van der Waals surface area (Å²) in [6, 6.07) is 8.09. The van der Waals surface area contributed by atoms with Gasteiger partial charge >= 0.3 is 0 Å². The first-order chi connectivity index (χ1) is 12.6. The number of aromatic nitrogens is 2. The number of thioether (sulfide) groups is 1. The molecule has 7 nitrogen and oxygen atoms in total. The lowest BCUT2D eigenvalue weighted by atomic mass is 9.91. The standard InChI is InChI=1S/C18H24N6OS/c1-26-12-8-6-11(7-9-12)22-18-16(17(20)25)21-10-15(24-18)23-14-5-3-2-4-13(14)19/h6-10,13-14H,2-5,19H2,1H3,(H2,20,25)(H2,22,23,24). The second-order valence-electron chi connectivity index (χ2n) is 6.37. The number of hydrogen-bond donors (Lipinski definition) is 4. The van der Waals surface area contributed by atoms with E-state index in [1.807, 2.05) is 30.5 Å². The Kier molecular flexibility index (Phi) is 5.95. The first-order valence-electron chi connectivity index (χ1n) is 8.67. The van der Waals surface area contributed by atoms with Gasteiger partial charge in [0.15, 0.2) is 11.5 Å². The van der Waals surface area contributed by atoms with Gasteiger partial charge < -0.3 is 22.1 Å². The molecule has 3 rings (SSSR count). The minimum Gasteiger partial charge on any atom is -0.364 e. The molecule has 6 N–H and O–H groups in total. The predicted octanol–water partition coefficient (Wildman–Crippen LogP) is 2.72. The third-order valence-corrected chi connectivity index (χ3v) is 5.25. The van der Waals surface area contributed by atoms with Crippen LogP contribution in [0.25, 0.3) is 0 Å². The third-order valence-electron chi connectivity index (χ3n) is 4.51. The van der Waals surface area contributed by atoms with Crippen molar-refractivity contribution in [3.05, 3.63) is 36.2 Å². The van der Waals surface area contributed by atoms with Crippen LogP contribution in [0.4, 0.5) is 17.3 Å². The number of nitrogens with one attached hydrogen (secondary N) is 2. The van der Waals surface area contributed by atoms with E-state index in [0.717, 1.165) is 36.3 Å². The summed E-state index contributed by atoms with van der Waals surface area (Å²) in [5, 5.41) is 6.49. The zero-order valence-electron chi connectivity index (χ0n) is 14.7. The van der Waals surface area contributed by atoms with Gasteiger partial charge in [-0.3, -0.25) is 4.79 Å². The molecule has 1 aliphatic rings. The van der Waals surface area contributed by atoms with Crippen LogP contribution in [0, 0.1) is 0 Å². The molecule has 0 radical (unpaired) electrons. The van der Waals surface area contributed by atoms with E-state index in [9.17, 15) is 4.79 Å². The number of carbonyl (C=O) groups is 1. The zero-order chi connectivity index (χ0) is 18.5. The fraction of sp³-hybridized carbons (Fsp3) is 0.389. The summed E-state index contributed by atoms with van der Waals surface area (Å²) in [6.07, 6.45) is 7.85. The molecule has 1 heterocycles. The number of rotatable bonds is 6. The maximum atomic E-state index is 11.7. The second kappa shape index (κ2) is 8.37. The Morgan fingerprint density at radius 3 is 2.62 bits per heavy atom. The highest BCUT2D eigenvalue weighted by Gasteiger charge is 2.22. The van der Waals surface area contributed by atoms with E-state index < -0.39 is 5.91 Å². The van der Waals surface area contributed by atoms with Gasteiger partial charge in [0.1, 0.15) is 5.82 Å². The van der Waals surface area contributed by atoms with Crippen molar-refractivity contribution in [1.82, 2.24) is 9.97 Å². The van der Waals surface area contributed by atoms with Crippen molar-refractivity contribution >= 4 is 35.0 Å². The van der Waals surface area contributed by atoms with Crippen LogP contribution in [-0.4, -0.2) is 34.2 Å². The molecule has 0 spiro atoms. The molecular weight excluding hydrogens is 348 g/mol. The van der Waals surface area contributed by atoms with Crippen LogP contribution >= 0.6 is 11.8 Å². The summed E-state index contributed by atoms with van der Waals surface area (Å²) in [5.74, 6) is 0.297. The molecular formula is C18H24N6OS. The van der Waals surface area contributed by atoms with Crippen molar-refractivity contribution in [3.8, 4) is 0 Å². The molecule has 1 aliphatic carbocycles. The second-order valence-corrected chi connectivity index (χ2v) is 7.25. The Labute approximate surface area is 157 Å². The largest absolute Gasteiger partial charge is 0.364 e. The van der Waals surface area contributed by atoms with E-state index in [1.54, 1.807) is 11.8 Å². The number of primary amides is 1. The number of nitrogens with two attached hydrogens (primary N) is 2. The summed E-state index contributed by atoms with van der Waals surface area (Å²) >= 11 is 1.66. The molecule has 8 heteroatoms. The summed E-state index contributed by atoms with van der Waals surface area (Å²) < 4.78 is 0. The van der Waals surface area contributed by atoms with Crippen molar-refractivity contribution in [3.63, 3.8) is 0 Å². The van der Waals surface area contributed by atoms with Crippen LogP contribution in [0.15, 0.2) is 35.4 Å². The Hall–Kier alpha value is -2.32. The SMILES string of the molecule is CSc1ccc(Nc2nc(NC3CCCCC3N)cnc2C(N)=O)cc1. The molecule has 1 aromatic heterocycles. The quantitative estimate of drug-likeness (QED) is 0.576. The van der Waals surface area contributed by atoms with Crippen LogP contribution in [-0.2, 0) is 0 Å². The smallest absolute Gasteiger partial charge is 0.271 e. The molecule has 138 valence electrons. The van der Waals surface area contributed by atoms with Gasteiger partial charge in [0.25, 0.3) is 5.91 Å². The topological polar surface area (TPSA) is 119 Å². The van der Waals surface area contributed by atoms with E-state index in [1.165, 1.54) is 6.20 Å². The fourth-order valence-corrected chi connectivity index (χ4v) is 3.47. The predicted molar refractivity (Wildman–Crippen MR) is 106 cm³/mol. The van der Waals surface area contributed by atoms with Crippen molar-refractivity contribution in [2.24, 2.45) is 11.5 Å². The lowest BCUT2D eigenvalue weighted by Crippen LogP contribution is -2.42. The number of nitrogens with zero attached hydrogens (tertiary/aromatic N) is 2. The molecule has 1 amide bonds. The Balaban J connectivity index is 1.82. The molecule has 26 heavy (non-hydrogen) atoms. The molecule has 2 aromatic rings.